The zero-order chi connectivity index (χ0) is 14.0. The standard InChI is InChI=1S/C12H10Cl2N2O3/c1-6-10(11(15)19-16-6)12(17)18-5-7-8(13)3-2-4-9(7)14/h2-4H,5,15H2,1H3. The first kappa shape index (κ1) is 13.7. The van der Waals surface area contributed by atoms with Gasteiger partial charge in [-0.05, 0) is 19.1 Å². The maximum atomic E-state index is 11.9. The van der Waals surface area contributed by atoms with Gasteiger partial charge in [0.2, 0.25) is 5.88 Å². The maximum absolute atomic E-state index is 11.9. The van der Waals surface area contributed by atoms with Gasteiger partial charge in [-0.1, -0.05) is 34.4 Å². The van der Waals surface area contributed by atoms with E-state index in [2.05, 4.69) is 5.16 Å². The molecule has 5 nitrogen and oxygen atoms in total. The Morgan fingerprint density at radius 1 is 1.42 bits per heavy atom. The predicted molar refractivity (Wildman–Crippen MR) is 71.2 cm³/mol. The third kappa shape index (κ3) is 2.83. The van der Waals surface area contributed by atoms with Crippen molar-refractivity contribution in [3.8, 4) is 0 Å². The highest BCUT2D eigenvalue weighted by Crippen LogP contribution is 2.26. The molecular formula is C12H10Cl2N2O3. The third-order valence-electron chi connectivity index (χ3n) is 2.50. The second-order valence-electron chi connectivity index (χ2n) is 3.78. The molecule has 7 heteroatoms. The van der Waals surface area contributed by atoms with E-state index in [-0.39, 0.29) is 18.1 Å². The Morgan fingerprint density at radius 3 is 2.58 bits per heavy atom. The first-order valence-corrected chi connectivity index (χ1v) is 6.08. The van der Waals surface area contributed by atoms with E-state index in [0.29, 0.717) is 21.3 Å². The largest absolute Gasteiger partial charge is 0.457 e. The minimum absolute atomic E-state index is 0.0542. The van der Waals surface area contributed by atoms with Crippen molar-refractivity contribution in [2.24, 2.45) is 0 Å². The van der Waals surface area contributed by atoms with Crippen LogP contribution < -0.4 is 5.73 Å². The van der Waals surface area contributed by atoms with Crippen LogP contribution in [0.5, 0.6) is 0 Å². The molecule has 0 aliphatic rings. The van der Waals surface area contributed by atoms with E-state index in [9.17, 15) is 4.79 Å². The van der Waals surface area contributed by atoms with Crippen LogP contribution in [-0.2, 0) is 11.3 Å². The van der Waals surface area contributed by atoms with Gasteiger partial charge in [-0.25, -0.2) is 4.79 Å². The summed E-state index contributed by atoms with van der Waals surface area (Å²) in [5.41, 5.74) is 6.51. The van der Waals surface area contributed by atoms with Crippen molar-refractivity contribution in [2.45, 2.75) is 13.5 Å². The lowest BCUT2D eigenvalue weighted by molar-refractivity contribution is 0.0473. The molecule has 2 aromatic rings. The Hall–Kier alpha value is -1.72. The lowest BCUT2D eigenvalue weighted by Gasteiger charge is -2.07. The molecular weight excluding hydrogens is 291 g/mol. The summed E-state index contributed by atoms with van der Waals surface area (Å²) in [6, 6.07) is 5.03. The molecule has 19 heavy (non-hydrogen) atoms. The normalized spacial score (nSPS) is 10.5. The molecule has 0 aliphatic carbocycles. The monoisotopic (exact) mass is 300 g/mol. The number of hydrogen-bond donors (Lipinski definition) is 1. The van der Waals surface area contributed by atoms with E-state index in [4.69, 9.17) is 38.2 Å². The fourth-order valence-corrected chi connectivity index (χ4v) is 2.02. The van der Waals surface area contributed by atoms with Crippen molar-refractivity contribution in [1.82, 2.24) is 5.16 Å². The zero-order valence-corrected chi connectivity index (χ0v) is 11.5. The second kappa shape index (κ2) is 5.50. The number of carbonyl (C=O) groups excluding carboxylic acids is 1. The van der Waals surface area contributed by atoms with Crippen molar-refractivity contribution < 1.29 is 14.1 Å². The Labute approximate surface area is 119 Å². The summed E-state index contributed by atoms with van der Waals surface area (Å²) in [5, 5.41) is 4.43. The van der Waals surface area contributed by atoms with E-state index in [1.54, 1.807) is 25.1 Å². The van der Waals surface area contributed by atoms with Gasteiger partial charge < -0.3 is 15.0 Å². The van der Waals surface area contributed by atoms with Crippen molar-refractivity contribution in [1.29, 1.82) is 0 Å². The van der Waals surface area contributed by atoms with E-state index in [0.717, 1.165) is 0 Å². The van der Waals surface area contributed by atoms with Crippen LogP contribution in [0.2, 0.25) is 10.0 Å². The molecule has 0 saturated heterocycles. The summed E-state index contributed by atoms with van der Waals surface area (Å²) < 4.78 is 9.80. The smallest absolute Gasteiger partial charge is 0.346 e. The van der Waals surface area contributed by atoms with Crippen molar-refractivity contribution in [3.05, 3.63) is 45.1 Å². The average molecular weight is 301 g/mol. The number of hydrogen-bond acceptors (Lipinski definition) is 5. The van der Waals surface area contributed by atoms with Crippen LogP contribution in [0.15, 0.2) is 22.7 Å². The first-order chi connectivity index (χ1) is 9.00. The molecule has 0 atom stereocenters. The van der Waals surface area contributed by atoms with Gasteiger partial charge in [0, 0.05) is 15.6 Å². The van der Waals surface area contributed by atoms with Crippen LogP contribution in [-0.4, -0.2) is 11.1 Å². The van der Waals surface area contributed by atoms with Crippen LogP contribution in [0.25, 0.3) is 0 Å². The Morgan fingerprint density at radius 2 is 2.05 bits per heavy atom. The summed E-state index contributed by atoms with van der Waals surface area (Å²) in [7, 11) is 0. The van der Waals surface area contributed by atoms with Gasteiger partial charge in [0.1, 0.15) is 12.2 Å². The van der Waals surface area contributed by atoms with E-state index in [1.165, 1.54) is 0 Å². The number of halogens is 2. The first-order valence-electron chi connectivity index (χ1n) is 5.32. The third-order valence-corrected chi connectivity index (χ3v) is 3.21. The highest BCUT2D eigenvalue weighted by Gasteiger charge is 2.20. The van der Waals surface area contributed by atoms with Crippen molar-refractivity contribution >= 4 is 35.1 Å². The Balaban J connectivity index is 2.13. The molecule has 100 valence electrons. The van der Waals surface area contributed by atoms with E-state index >= 15 is 0 Å². The zero-order valence-electron chi connectivity index (χ0n) is 9.94. The minimum Gasteiger partial charge on any atom is -0.457 e. The number of aromatic nitrogens is 1. The Bertz CT molecular complexity index is 586. The minimum atomic E-state index is -0.632. The highest BCUT2D eigenvalue weighted by atomic mass is 35.5. The van der Waals surface area contributed by atoms with Gasteiger partial charge in [-0.2, -0.15) is 0 Å². The molecule has 1 heterocycles. The molecule has 0 unspecified atom stereocenters. The van der Waals surface area contributed by atoms with Crippen LogP contribution in [0.1, 0.15) is 21.6 Å². The van der Waals surface area contributed by atoms with Gasteiger partial charge in [0.05, 0.1) is 5.69 Å². The molecule has 0 bridgehead atoms. The molecule has 0 amide bonds. The van der Waals surface area contributed by atoms with Gasteiger partial charge >= 0.3 is 5.97 Å². The molecule has 2 rings (SSSR count). The molecule has 0 fully saturated rings. The van der Waals surface area contributed by atoms with Crippen LogP contribution in [0.3, 0.4) is 0 Å². The fraction of sp³-hybridized carbons (Fsp3) is 0.167. The van der Waals surface area contributed by atoms with Gasteiger partial charge in [0.25, 0.3) is 0 Å². The number of esters is 1. The van der Waals surface area contributed by atoms with Crippen LogP contribution in [0.4, 0.5) is 5.88 Å². The quantitative estimate of drug-likeness (QED) is 0.880. The number of ether oxygens (including phenoxy) is 1. The number of aryl methyl sites for hydroxylation is 1. The number of nitrogens with two attached hydrogens (primary N) is 1. The van der Waals surface area contributed by atoms with Gasteiger partial charge in [-0.15, -0.1) is 0 Å². The molecule has 0 radical (unpaired) electrons. The van der Waals surface area contributed by atoms with Crippen LogP contribution >= 0.6 is 23.2 Å². The number of nitrogen functional groups attached to an aromatic ring is 1. The maximum Gasteiger partial charge on any atom is 0.346 e. The number of nitrogens with zero attached hydrogens (tertiary/aromatic N) is 1. The topological polar surface area (TPSA) is 78.4 Å². The number of carbonyl (C=O) groups is 1. The molecule has 1 aromatic heterocycles. The lowest BCUT2D eigenvalue weighted by Crippen LogP contribution is -2.08. The number of rotatable bonds is 3. The Kier molecular flexibility index (Phi) is 3.97. The SMILES string of the molecule is Cc1noc(N)c1C(=O)OCc1c(Cl)cccc1Cl. The van der Waals surface area contributed by atoms with E-state index < -0.39 is 5.97 Å². The average Bonchev–Trinajstić information content (AvgIpc) is 2.68. The second-order valence-corrected chi connectivity index (χ2v) is 4.60. The van der Waals surface area contributed by atoms with Gasteiger partial charge in [0.15, 0.2) is 0 Å². The lowest BCUT2D eigenvalue weighted by atomic mass is 10.2. The van der Waals surface area contributed by atoms with Crippen LogP contribution in [0, 0.1) is 6.92 Å². The fourth-order valence-electron chi connectivity index (χ4n) is 1.52. The van der Waals surface area contributed by atoms with Crippen molar-refractivity contribution in [3.63, 3.8) is 0 Å². The highest BCUT2D eigenvalue weighted by molar-refractivity contribution is 6.35. The molecule has 2 N–H and O–H groups in total. The van der Waals surface area contributed by atoms with E-state index in [1.807, 2.05) is 0 Å². The summed E-state index contributed by atoms with van der Waals surface area (Å²) in [6.45, 7) is 1.54. The summed E-state index contributed by atoms with van der Waals surface area (Å²) in [4.78, 5) is 11.9. The number of benzene rings is 1. The molecule has 1 aromatic carbocycles. The van der Waals surface area contributed by atoms with Gasteiger partial charge in [-0.3, -0.25) is 0 Å². The molecule has 0 saturated carbocycles. The summed E-state index contributed by atoms with van der Waals surface area (Å²) in [5.74, 6) is -0.708. The molecule has 0 aliphatic heterocycles. The predicted octanol–water partition coefficient (Wildman–Crippen LogP) is 3.23. The van der Waals surface area contributed by atoms with Crippen molar-refractivity contribution in [2.75, 3.05) is 5.73 Å². The summed E-state index contributed by atoms with van der Waals surface area (Å²) >= 11 is 11.9. The molecule has 0 spiro atoms. The number of anilines is 1. The summed E-state index contributed by atoms with van der Waals surface area (Å²) in [6.07, 6.45) is 0.